The van der Waals surface area contributed by atoms with E-state index in [-0.39, 0.29) is 9.52 Å². The molecule has 0 unspecified atom stereocenters. The minimum Gasteiger partial charge on any atom is -0.344 e. The van der Waals surface area contributed by atoms with E-state index in [2.05, 4.69) is 61.5 Å². The highest BCUT2D eigenvalue weighted by Crippen LogP contribution is 2.31. The fraction of sp³-hybridized carbons (Fsp3) is 0.333. The number of rotatable bonds is 4. The molecule has 0 bridgehead atoms. The van der Waals surface area contributed by atoms with E-state index >= 15 is 0 Å². The van der Waals surface area contributed by atoms with Gasteiger partial charge in [-0.05, 0) is 18.0 Å². The molecule has 0 spiro atoms. The quantitative estimate of drug-likeness (QED) is 0.807. The molecule has 0 saturated carbocycles. The lowest BCUT2D eigenvalue weighted by molar-refractivity contribution is -0.149. The minimum atomic E-state index is -0.557. The first kappa shape index (κ1) is 14.5. The van der Waals surface area contributed by atoms with Gasteiger partial charge in [-0.3, -0.25) is 0 Å². The van der Waals surface area contributed by atoms with E-state index in [0.717, 1.165) is 5.56 Å². The lowest BCUT2D eigenvalue weighted by atomic mass is 10.0. The Morgan fingerprint density at radius 1 is 0.952 bits per heavy atom. The first-order valence-corrected chi connectivity index (χ1v) is 9.12. The van der Waals surface area contributed by atoms with Crippen LogP contribution in [-0.2, 0) is 15.3 Å². The van der Waals surface area contributed by atoms with Crippen molar-refractivity contribution in [2.75, 3.05) is 13.2 Å². The second kappa shape index (κ2) is 6.14. The van der Waals surface area contributed by atoms with Gasteiger partial charge in [0.25, 0.3) is 0 Å². The van der Waals surface area contributed by atoms with E-state index in [1.165, 1.54) is 10.8 Å². The summed E-state index contributed by atoms with van der Waals surface area (Å²) in [6.07, 6.45) is 0. The van der Waals surface area contributed by atoms with Crippen LogP contribution < -0.4 is 5.19 Å². The topological polar surface area (TPSA) is 18.5 Å². The summed E-state index contributed by atoms with van der Waals surface area (Å²) in [4.78, 5) is 0. The van der Waals surface area contributed by atoms with Gasteiger partial charge in [0.05, 0.1) is 22.7 Å². The van der Waals surface area contributed by atoms with Crippen molar-refractivity contribution in [2.45, 2.75) is 25.2 Å². The standard InChI is InChI=1S/C18H22O2Si/c1-14(21-17-6-4-3-5-7-17)15-8-10-16(11-9-15)18(2)19-12-13-20-18/h3-11,14H,12-13,21H2,1-2H3/t14-/m0/s1. The zero-order valence-corrected chi connectivity index (χ0v) is 14.1. The molecule has 3 rings (SSSR count). The molecule has 1 aliphatic rings. The van der Waals surface area contributed by atoms with Crippen molar-refractivity contribution >= 4 is 14.7 Å². The van der Waals surface area contributed by atoms with Crippen LogP contribution >= 0.6 is 0 Å². The van der Waals surface area contributed by atoms with E-state index in [1.807, 2.05) is 6.92 Å². The number of hydrogen-bond donors (Lipinski definition) is 0. The van der Waals surface area contributed by atoms with Crippen molar-refractivity contribution in [3.8, 4) is 0 Å². The fourth-order valence-corrected chi connectivity index (χ4v) is 4.64. The molecule has 2 nitrogen and oxygen atoms in total. The van der Waals surface area contributed by atoms with Crippen LogP contribution in [0.15, 0.2) is 54.6 Å². The van der Waals surface area contributed by atoms with Gasteiger partial charge in [-0.1, -0.05) is 66.7 Å². The van der Waals surface area contributed by atoms with Crippen LogP contribution in [0.5, 0.6) is 0 Å². The molecule has 1 saturated heterocycles. The fourth-order valence-electron chi connectivity index (χ4n) is 2.88. The molecule has 1 fully saturated rings. The summed E-state index contributed by atoms with van der Waals surface area (Å²) in [5.41, 5.74) is 3.16. The van der Waals surface area contributed by atoms with Gasteiger partial charge in [0.15, 0.2) is 5.79 Å². The van der Waals surface area contributed by atoms with Crippen LogP contribution in [0.2, 0.25) is 0 Å². The van der Waals surface area contributed by atoms with E-state index < -0.39 is 5.79 Å². The average molecular weight is 298 g/mol. The highest BCUT2D eigenvalue weighted by atomic mass is 28.2. The van der Waals surface area contributed by atoms with Crippen LogP contribution in [0.3, 0.4) is 0 Å². The van der Waals surface area contributed by atoms with Crippen molar-refractivity contribution in [2.24, 2.45) is 0 Å². The van der Waals surface area contributed by atoms with Crippen molar-refractivity contribution in [1.82, 2.24) is 0 Å². The zero-order valence-electron chi connectivity index (χ0n) is 12.7. The lowest BCUT2D eigenvalue weighted by Gasteiger charge is -2.23. The Kier molecular flexibility index (Phi) is 4.24. The number of ether oxygens (including phenoxy) is 2. The van der Waals surface area contributed by atoms with E-state index in [4.69, 9.17) is 9.47 Å². The Hall–Kier alpha value is -1.42. The first-order valence-electron chi connectivity index (χ1n) is 7.60. The summed E-state index contributed by atoms with van der Waals surface area (Å²) < 4.78 is 11.4. The highest BCUT2D eigenvalue weighted by Gasteiger charge is 2.32. The maximum atomic E-state index is 5.71. The second-order valence-corrected chi connectivity index (χ2v) is 8.30. The molecule has 1 aliphatic heterocycles. The van der Waals surface area contributed by atoms with Crippen molar-refractivity contribution in [1.29, 1.82) is 0 Å². The van der Waals surface area contributed by atoms with Crippen LogP contribution in [0.4, 0.5) is 0 Å². The van der Waals surface area contributed by atoms with Crippen LogP contribution in [-0.4, -0.2) is 22.7 Å². The zero-order chi connectivity index (χ0) is 14.7. The summed E-state index contributed by atoms with van der Waals surface area (Å²) in [6.45, 7) is 5.68. The van der Waals surface area contributed by atoms with E-state index in [1.54, 1.807) is 0 Å². The van der Waals surface area contributed by atoms with E-state index in [9.17, 15) is 0 Å². The van der Waals surface area contributed by atoms with Gasteiger partial charge in [-0.15, -0.1) is 0 Å². The van der Waals surface area contributed by atoms with Crippen molar-refractivity contribution in [3.05, 3.63) is 65.7 Å². The second-order valence-electron chi connectivity index (χ2n) is 5.86. The molecule has 1 heterocycles. The number of hydrogen-bond acceptors (Lipinski definition) is 2. The molecule has 0 aromatic heterocycles. The molecule has 1 atom stereocenters. The summed E-state index contributed by atoms with van der Waals surface area (Å²) in [7, 11) is -0.292. The lowest BCUT2D eigenvalue weighted by Crippen LogP contribution is -2.23. The Morgan fingerprint density at radius 3 is 2.19 bits per heavy atom. The van der Waals surface area contributed by atoms with Gasteiger partial charge in [0.2, 0.25) is 0 Å². The first-order chi connectivity index (χ1) is 10.2. The van der Waals surface area contributed by atoms with Crippen molar-refractivity contribution < 1.29 is 9.47 Å². The van der Waals surface area contributed by atoms with E-state index in [0.29, 0.717) is 18.8 Å². The third-order valence-electron chi connectivity index (χ3n) is 4.23. The number of benzene rings is 2. The van der Waals surface area contributed by atoms with Gasteiger partial charge >= 0.3 is 0 Å². The summed E-state index contributed by atoms with van der Waals surface area (Å²) in [6, 6.07) is 19.6. The minimum absolute atomic E-state index is 0.292. The predicted octanol–water partition coefficient (Wildman–Crippen LogP) is 2.46. The molecule has 0 N–H and O–H groups in total. The predicted molar refractivity (Wildman–Crippen MR) is 88.7 cm³/mol. The molecule has 0 radical (unpaired) electrons. The average Bonchev–Trinajstić information content (AvgIpc) is 2.96. The molecule has 0 amide bonds. The molecule has 2 aromatic rings. The Labute approximate surface area is 128 Å². The van der Waals surface area contributed by atoms with Crippen LogP contribution in [0.1, 0.15) is 30.5 Å². The Balaban J connectivity index is 1.72. The maximum absolute atomic E-state index is 5.71. The SMILES string of the molecule is C[C@H]([SiH2]c1ccccc1)c1ccc(C2(C)OCCO2)cc1. The third kappa shape index (κ3) is 3.26. The largest absolute Gasteiger partial charge is 0.344 e. The summed E-state index contributed by atoms with van der Waals surface area (Å²) >= 11 is 0. The van der Waals surface area contributed by atoms with Crippen LogP contribution in [0.25, 0.3) is 0 Å². The monoisotopic (exact) mass is 298 g/mol. The maximum Gasteiger partial charge on any atom is 0.192 e. The highest BCUT2D eigenvalue weighted by molar-refractivity contribution is 6.54. The normalized spacial score (nSPS) is 19.1. The smallest absolute Gasteiger partial charge is 0.192 e. The van der Waals surface area contributed by atoms with Gasteiger partial charge in [-0.25, -0.2) is 0 Å². The van der Waals surface area contributed by atoms with Crippen LogP contribution in [0, 0.1) is 0 Å². The molecule has 3 heteroatoms. The van der Waals surface area contributed by atoms with Gasteiger partial charge in [-0.2, -0.15) is 0 Å². The Morgan fingerprint density at radius 2 is 1.57 bits per heavy atom. The molecule has 2 aromatic carbocycles. The molecule has 110 valence electrons. The molecule has 0 aliphatic carbocycles. The summed E-state index contributed by atoms with van der Waals surface area (Å²) in [5.74, 6) is -0.557. The molecular formula is C18H22O2Si. The molecular weight excluding hydrogens is 276 g/mol. The van der Waals surface area contributed by atoms with Gasteiger partial charge in [0, 0.05) is 5.56 Å². The van der Waals surface area contributed by atoms with Gasteiger partial charge < -0.3 is 9.47 Å². The Bertz CT molecular complexity index is 574. The third-order valence-corrected chi connectivity index (χ3v) is 6.25. The summed E-state index contributed by atoms with van der Waals surface area (Å²) in [5, 5.41) is 1.52. The van der Waals surface area contributed by atoms with Crippen molar-refractivity contribution in [3.63, 3.8) is 0 Å². The van der Waals surface area contributed by atoms with Gasteiger partial charge in [0.1, 0.15) is 0 Å². The molecule has 21 heavy (non-hydrogen) atoms.